The Morgan fingerprint density at radius 3 is 2.57 bits per heavy atom. The Labute approximate surface area is 81.1 Å². The van der Waals surface area contributed by atoms with Gasteiger partial charge < -0.3 is 19.8 Å². The predicted octanol–water partition coefficient (Wildman–Crippen LogP) is 0.0875. The van der Waals surface area contributed by atoms with Crippen molar-refractivity contribution in [3.8, 4) is 0 Å². The van der Waals surface area contributed by atoms with Gasteiger partial charge in [0.2, 0.25) is 0 Å². The summed E-state index contributed by atoms with van der Waals surface area (Å²) < 4.78 is 5.07. The fraction of sp³-hybridized carbons (Fsp3) is 0.750. The molecule has 1 saturated heterocycles. The number of hydrogen-bond donors (Lipinski definition) is 2. The van der Waals surface area contributed by atoms with E-state index in [0.717, 1.165) is 4.90 Å². The minimum Gasteiger partial charge on any atom is -0.481 e. The molecule has 0 aromatic heterocycles. The maximum atomic E-state index is 10.9. The van der Waals surface area contributed by atoms with Crippen LogP contribution < -0.4 is 0 Å². The molecule has 1 unspecified atom stereocenters. The lowest BCUT2D eigenvalue weighted by Crippen LogP contribution is -2.44. The normalized spacial score (nSPS) is 28.2. The first-order chi connectivity index (χ1) is 6.46. The molecule has 6 heteroatoms. The summed E-state index contributed by atoms with van der Waals surface area (Å²) in [6, 6.07) is 0. The molecule has 0 radical (unpaired) electrons. The second-order valence-corrected chi connectivity index (χ2v) is 3.62. The Hall–Kier alpha value is -1.30. The zero-order valence-electron chi connectivity index (χ0n) is 7.89. The van der Waals surface area contributed by atoms with Gasteiger partial charge in [0.15, 0.2) is 0 Å². The number of carboxylic acids is 1. The zero-order chi connectivity index (χ0) is 10.8. The van der Waals surface area contributed by atoms with Crippen LogP contribution in [0.5, 0.6) is 0 Å². The number of rotatable bonds is 1. The molecule has 0 bridgehead atoms. The molecule has 80 valence electrons. The van der Waals surface area contributed by atoms with Crippen LogP contribution in [0.15, 0.2) is 0 Å². The largest absolute Gasteiger partial charge is 0.481 e. The Kier molecular flexibility index (Phi) is 2.95. The highest BCUT2D eigenvalue weighted by atomic mass is 16.5. The highest BCUT2D eigenvalue weighted by Gasteiger charge is 2.38. The fourth-order valence-corrected chi connectivity index (χ4v) is 1.31. The van der Waals surface area contributed by atoms with Crippen LogP contribution >= 0.6 is 0 Å². The van der Waals surface area contributed by atoms with Crippen molar-refractivity contribution in [1.29, 1.82) is 0 Å². The third-order valence-corrected chi connectivity index (χ3v) is 2.25. The maximum absolute atomic E-state index is 10.9. The Balaban J connectivity index is 2.78. The van der Waals surface area contributed by atoms with Crippen molar-refractivity contribution in [3.05, 3.63) is 0 Å². The van der Waals surface area contributed by atoms with Gasteiger partial charge in [-0.2, -0.15) is 0 Å². The first-order valence-corrected chi connectivity index (χ1v) is 4.25. The topological polar surface area (TPSA) is 87.1 Å². The first-order valence-electron chi connectivity index (χ1n) is 4.25. The van der Waals surface area contributed by atoms with Gasteiger partial charge in [-0.15, -0.1) is 0 Å². The molecule has 1 aliphatic rings. The second kappa shape index (κ2) is 3.83. The molecular weight excluding hydrogens is 190 g/mol. The lowest BCUT2D eigenvalue weighted by molar-refractivity contribution is -0.151. The number of hydrogen-bond acceptors (Lipinski definition) is 3. The average molecular weight is 203 g/mol. The molecule has 0 aliphatic carbocycles. The summed E-state index contributed by atoms with van der Waals surface area (Å²) >= 11 is 0. The van der Waals surface area contributed by atoms with Gasteiger partial charge >= 0.3 is 12.1 Å². The summed E-state index contributed by atoms with van der Waals surface area (Å²) in [6.07, 6.45) is -1.11. The molecule has 1 atom stereocenters. The van der Waals surface area contributed by atoms with Gasteiger partial charge in [-0.05, 0) is 6.92 Å². The molecule has 1 fully saturated rings. The highest BCUT2D eigenvalue weighted by molar-refractivity contribution is 5.76. The zero-order valence-corrected chi connectivity index (χ0v) is 7.89. The maximum Gasteiger partial charge on any atom is 0.407 e. The Morgan fingerprint density at radius 2 is 2.07 bits per heavy atom. The van der Waals surface area contributed by atoms with Crippen LogP contribution in [-0.4, -0.2) is 53.5 Å². The molecule has 1 rings (SSSR count). The lowest BCUT2D eigenvalue weighted by Gasteiger charge is -2.26. The van der Waals surface area contributed by atoms with Crippen LogP contribution in [0.1, 0.15) is 6.92 Å². The number of amides is 1. The minimum absolute atomic E-state index is 0.0301. The molecule has 1 heterocycles. The summed E-state index contributed by atoms with van der Waals surface area (Å²) in [4.78, 5) is 22.7. The lowest BCUT2D eigenvalue weighted by atomic mass is 9.91. The quantitative estimate of drug-likeness (QED) is 0.630. The van der Waals surface area contributed by atoms with Gasteiger partial charge in [-0.25, -0.2) is 4.79 Å². The third kappa shape index (κ3) is 2.14. The first kappa shape index (κ1) is 10.8. The van der Waals surface area contributed by atoms with Crippen molar-refractivity contribution in [2.45, 2.75) is 6.92 Å². The number of carbonyl (C=O) groups is 2. The van der Waals surface area contributed by atoms with Crippen LogP contribution in [-0.2, 0) is 9.53 Å². The van der Waals surface area contributed by atoms with Crippen LogP contribution in [0.4, 0.5) is 4.79 Å². The fourth-order valence-electron chi connectivity index (χ4n) is 1.31. The van der Waals surface area contributed by atoms with Gasteiger partial charge in [0.1, 0.15) is 5.41 Å². The van der Waals surface area contributed by atoms with Gasteiger partial charge in [-0.3, -0.25) is 4.79 Å². The van der Waals surface area contributed by atoms with Crippen molar-refractivity contribution in [3.63, 3.8) is 0 Å². The van der Waals surface area contributed by atoms with Crippen molar-refractivity contribution in [2.24, 2.45) is 5.41 Å². The summed E-state index contributed by atoms with van der Waals surface area (Å²) in [7, 11) is 0. The Morgan fingerprint density at radius 1 is 1.43 bits per heavy atom. The molecule has 1 amide bonds. The van der Waals surface area contributed by atoms with Crippen molar-refractivity contribution in [1.82, 2.24) is 4.90 Å². The summed E-state index contributed by atoms with van der Waals surface area (Å²) in [5.41, 5.74) is -1.14. The van der Waals surface area contributed by atoms with E-state index in [4.69, 9.17) is 14.9 Å². The van der Waals surface area contributed by atoms with Crippen LogP contribution in [0.2, 0.25) is 0 Å². The van der Waals surface area contributed by atoms with E-state index in [1.807, 2.05) is 0 Å². The molecule has 0 saturated carbocycles. The van der Waals surface area contributed by atoms with E-state index in [2.05, 4.69) is 0 Å². The molecule has 0 spiro atoms. The Bertz CT molecular complexity index is 254. The average Bonchev–Trinajstić information content (AvgIpc) is 2.28. The molecule has 0 aromatic carbocycles. The van der Waals surface area contributed by atoms with E-state index >= 15 is 0 Å². The summed E-state index contributed by atoms with van der Waals surface area (Å²) in [5.74, 6) is -1.04. The van der Waals surface area contributed by atoms with E-state index in [1.165, 1.54) is 6.92 Å². The molecule has 6 nitrogen and oxygen atoms in total. The molecular formula is C8H13NO5. The van der Waals surface area contributed by atoms with Gasteiger partial charge in [0, 0.05) is 13.1 Å². The van der Waals surface area contributed by atoms with E-state index in [1.54, 1.807) is 0 Å². The molecule has 14 heavy (non-hydrogen) atoms. The van der Waals surface area contributed by atoms with Crippen LogP contribution in [0.25, 0.3) is 0 Å². The SMILES string of the molecule is CC1(C(=O)O)COCCN(C(=O)O)C1. The third-order valence-electron chi connectivity index (χ3n) is 2.25. The van der Waals surface area contributed by atoms with Crippen LogP contribution in [0, 0.1) is 5.41 Å². The van der Waals surface area contributed by atoms with Crippen molar-refractivity contribution < 1.29 is 24.5 Å². The van der Waals surface area contributed by atoms with Crippen molar-refractivity contribution in [2.75, 3.05) is 26.3 Å². The smallest absolute Gasteiger partial charge is 0.407 e. The monoisotopic (exact) mass is 203 g/mol. The number of carboxylic acid groups (broad SMARTS) is 2. The number of nitrogens with zero attached hydrogens (tertiary/aromatic N) is 1. The number of ether oxygens (including phenoxy) is 1. The number of aliphatic carboxylic acids is 1. The van der Waals surface area contributed by atoms with E-state index < -0.39 is 17.5 Å². The highest BCUT2D eigenvalue weighted by Crippen LogP contribution is 2.21. The molecule has 2 N–H and O–H groups in total. The van der Waals surface area contributed by atoms with E-state index in [-0.39, 0.29) is 26.3 Å². The van der Waals surface area contributed by atoms with E-state index in [9.17, 15) is 9.59 Å². The van der Waals surface area contributed by atoms with Gasteiger partial charge in [0.25, 0.3) is 0 Å². The summed E-state index contributed by atoms with van der Waals surface area (Å²) in [5, 5.41) is 17.7. The minimum atomic E-state index is -1.14. The summed E-state index contributed by atoms with van der Waals surface area (Å²) in [6.45, 7) is 1.97. The van der Waals surface area contributed by atoms with Crippen LogP contribution in [0.3, 0.4) is 0 Å². The predicted molar refractivity (Wildman–Crippen MR) is 46.2 cm³/mol. The molecule has 1 aliphatic heterocycles. The van der Waals surface area contributed by atoms with E-state index in [0.29, 0.717) is 0 Å². The van der Waals surface area contributed by atoms with Crippen molar-refractivity contribution >= 4 is 12.1 Å². The standard InChI is InChI=1S/C8H13NO5/c1-8(6(10)11)4-9(7(12)13)2-3-14-5-8/h2-5H2,1H3,(H,10,11)(H,12,13). The second-order valence-electron chi connectivity index (χ2n) is 3.62. The van der Waals surface area contributed by atoms with Gasteiger partial charge in [0.05, 0.1) is 13.2 Å². The van der Waals surface area contributed by atoms with Gasteiger partial charge in [-0.1, -0.05) is 0 Å². The molecule has 0 aromatic rings.